The van der Waals surface area contributed by atoms with Gasteiger partial charge < -0.3 is 30.1 Å². The van der Waals surface area contributed by atoms with Crippen LogP contribution in [0, 0.1) is 20.0 Å². The Bertz CT molecular complexity index is 2000. The molecule has 0 aliphatic rings. The van der Waals surface area contributed by atoms with Gasteiger partial charge >= 0.3 is 11.6 Å². The molecule has 0 fully saturated rings. The van der Waals surface area contributed by atoms with Crippen molar-refractivity contribution in [2.45, 2.75) is 67.7 Å². The maximum absolute atomic E-state index is 12.5. The second-order valence-electron chi connectivity index (χ2n) is 9.81. The molecule has 4 heterocycles. The van der Waals surface area contributed by atoms with Crippen molar-refractivity contribution in [2.75, 3.05) is 13.2 Å². The summed E-state index contributed by atoms with van der Waals surface area (Å²) in [6.45, 7) is 12.6. The van der Waals surface area contributed by atoms with E-state index in [0.29, 0.717) is 48.9 Å². The van der Waals surface area contributed by atoms with Crippen LogP contribution in [0.5, 0.6) is 23.3 Å². The van der Waals surface area contributed by atoms with Crippen LogP contribution in [0.4, 0.5) is 23.0 Å². The smallest absolute Gasteiger partial charge is 0.395 e. The number of pyridine rings is 2. The van der Waals surface area contributed by atoms with E-state index >= 15 is 0 Å². The molecule has 0 aromatic carbocycles. The Labute approximate surface area is 312 Å². The van der Waals surface area contributed by atoms with Crippen molar-refractivity contribution >= 4 is 47.4 Å². The third-order valence-corrected chi connectivity index (χ3v) is 7.79. The first kappa shape index (κ1) is 42.2. The maximum atomic E-state index is 12.5. The van der Waals surface area contributed by atoms with Gasteiger partial charge in [-0.25, -0.2) is 9.46 Å². The summed E-state index contributed by atoms with van der Waals surface area (Å²) in [5.41, 5.74) is -1.73. The molecule has 0 saturated carbocycles. The number of hydrogen-bond donors (Lipinski definition) is 2. The van der Waals surface area contributed by atoms with E-state index in [1.54, 1.807) is 53.7 Å². The molecule has 0 bridgehead atoms. The van der Waals surface area contributed by atoms with Crippen LogP contribution in [0.2, 0.25) is 0 Å². The summed E-state index contributed by atoms with van der Waals surface area (Å²) in [6, 6.07) is 6.15. The number of rotatable bonds is 12. The molecule has 4 rings (SSSR count). The maximum Gasteiger partial charge on any atom is 0.395 e. The van der Waals surface area contributed by atoms with Crippen molar-refractivity contribution in [3.05, 3.63) is 77.3 Å². The van der Waals surface area contributed by atoms with Gasteiger partial charge in [0.15, 0.2) is 9.54 Å². The van der Waals surface area contributed by atoms with E-state index in [9.17, 15) is 30.2 Å². The Morgan fingerprint density at radius 2 is 0.980 bits per heavy atom. The average molecular weight is 794 g/mol. The average Bonchev–Trinajstić information content (AvgIpc) is 3.08. The predicted octanol–water partition coefficient (Wildman–Crippen LogP) is 5.14. The van der Waals surface area contributed by atoms with Gasteiger partial charge in [0, 0.05) is 43.2 Å². The first-order chi connectivity index (χ1) is 23.9. The van der Waals surface area contributed by atoms with Crippen molar-refractivity contribution < 1.29 is 46.2 Å². The molecule has 21 heteroatoms. The van der Waals surface area contributed by atoms with Crippen LogP contribution in [0.25, 0.3) is 0 Å². The summed E-state index contributed by atoms with van der Waals surface area (Å²) in [6.07, 6.45) is 2.47. The molecule has 0 aliphatic carbocycles. The Kier molecular flexibility index (Phi) is 16.1. The number of ether oxygens (including phenoxy) is 2. The van der Waals surface area contributed by atoms with Crippen molar-refractivity contribution in [2.24, 2.45) is 20.5 Å². The molecule has 4 aromatic rings. The van der Waals surface area contributed by atoms with Crippen molar-refractivity contribution in [3.8, 4) is 23.3 Å². The monoisotopic (exact) mass is 793 g/mol. The molecule has 0 atom stereocenters. The molecule has 51 heavy (non-hydrogen) atoms. The fourth-order valence-electron chi connectivity index (χ4n) is 4.49. The molecule has 2 N–H and O–H groups in total. The van der Waals surface area contributed by atoms with Crippen LogP contribution in [0.15, 0.2) is 66.7 Å². The summed E-state index contributed by atoms with van der Waals surface area (Å²) in [5, 5.41) is 59.7. The zero-order valence-electron chi connectivity index (χ0n) is 28.6. The number of nitrogens with zero attached hydrogens (tertiary/aromatic N) is 10. The summed E-state index contributed by atoms with van der Waals surface area (Å²) >= 11 is 10.4. The van der Waals surface area contributed by atoms with Gasteiger partial charge in [-0.1, -0.05) is 0 Å². The molecule has 4 aromatic heterocycles. The van der Waals surface area contributed by atoms with E-state index < -0.39 is 22.9 Å². The second kappa shape index (κ2) is 19.4. The Hall–Kier alpha value is -4.98. The molecule has 0 amide bonds. The molecule has 0 unspecified atom stereocenters. The second-order valence-corrected chi connectivity index (χ2v) is 10.5. The van der Waals surface area contributed by atoms with Gasteiger partial charge in [0.1, 0.15) is 0 Å². The van der Waals surface area contributed by atoms with E-state index in [-0.39, 0.29) is 61.1 Å². The predicted molar refractivity (Wildman–Crippen MR) is 187 cm³/mol. The minimum Gasteiger partial charge on any atom is -0.710 e. The topological polar surface area (TPSA) is 216 Å². The van der Waals surface area contributed by atoms with Crippen molar-refractivity contribution in [1.82, 2.24) is 18.3 Å². The van der Waals surface area contributed by atoms with Crippen LogP contribution in [0.1, 0.15) is 41.5 Å². The summed E-state index contributed by atoms with van der Waals surface area (Å²) in [4.78, 5) is 25.0. The number of aromatic nitrogens is 6. The van der Waals surface area contributed by atoms with Gasteiger partial charge in [0.05, 0.1) is 35.8 Å². The van der Waals surface area contributed by atoms with E-state index in [1.807, 2.05) is 0 Å². The van der Waals surface area contributed by atoms with Gasteiger partial charge in [0.25, 0.3) is 11.1 Å². The van der Waals surface area contributed by atoms with Gasteiger partial charge in [0.2, 0.25) is 34.6 Å². The normalized spacial score (nSPS) is 10.9. The minimum atomic E-state index is -0.579. The largest absolute Gasteiger partial charge is 0.710 e. The third kappa shape index (κ3) is 9.23. The minimum absolute atomic E-state index is 0. The Balaban J connectivity index is 0.000000347. The standard InChI is InChI=1S/2C15H19N5O4S.Cu/c2*1-4-18-13(21)11(14(22)19(5-2)15(18)25)16-17-12-10(24-6-3)8-7-9-20(12)23;/h2*7-9,21H,4-6H2,1-3H3;. The molecular formula is C30H38CuN10O8S2. The van der Waals surface area contributed by atoms with Gasteiger partial charge in [-0.2, -0.15) is 0 Å². The van der Waals surface area contributed by atoms with Crippen LogP contribution in [-0.2, 0) is 43.2 Å². The van der Waals surface area contributed by atoms with E-state index in [2.05, 4.69) is 20.5 Å². The molecule has 0 saturated heterocycles. The quantitative estimate of drug-likeness (QED) is 0.0633. The van der Waals surface area contributed by atoms with Crippen LogP contribution in [0.3, 0.4) is 0 Å². The van der Waals surface area contributed by atoms with E-state index in [0.717, 1.165) is 0 Å². The van der Waals surface area contributed by atoms with Crippen LogP contribution in [-0.4, -0.2) is 41.7 Å². The fourth-order valence-corrected chi connectivity index (χ4v) is 5.35. The zero-order valence-corrected chi connectivity index (χ0v) is 31.2. The molecule has 0 aliphatic heterocycles. The first-order valence-corrected chi connectivity index (χ1v) is 16.4. The molecule has 0 spiro atoms. The summed E-state index contributed by atoms with van der Waals surface area (Å²) in [7, 11) is 0. The fraction of sp³-hybridized carbons (Fsp3) is 0.400. The SMILES string of the molecule is CCOc1ccc[n+]([O-])c1N=Nc1c(O)n(CC)c(=S)n(CC)c1=O.CCOc1ccc[n+]([O-])c1N=Nc1c(O)n(CC)c(=S)n(CC)c1=O.[Cu]. The van der Waals surface area contributed by atoms with Crippen LogP contribution >= 0.6 is 24.4 Å². The van der Waals surface area contributed by atoms with E-state index in [1.165, 1.54) is 42.8 Å². The number of hydrogen-bond acceptors (Lipinski definition) is 14. The Morgan fingerprint density at radius 3 is 1.27 bits per heavy atom. The third-order valence-electron chi connectivity index (χ3n) is 6.90. The van der Waals surface area contributed by atoms with Gasteiger partial charge in [-0.15, -0.1) is 0 Å². The first-order valence-electron chi connectivity index (χ1n) is 15.6. The number of aromatic hydroxyl groups is 2. The molecule has 279 valence electrons. The van der Waals surface area contributed by atoms with Crippen molar-refractivity contribution in [3.63, 3.8) is 0 Å². The summed E-state index contributed by atoms with van der Waals surface area (Å²) < 4.78 is 17.3. The van der Waals surface area contributed by atoms with Crippen molar-refractivity contribution in [1.29, 1.82) is 0 Å². The van der Waals surface area contributed by atoms with E-state index in [4.69, 9.17) is 33.9 Å². The number of azo groups is 2. The molecular weight excluding hydrogens is 756 g/mol. The van der Waals surface area contributed by atoms with Gasteiger partial charge in [-0.05, 0) is 100 Å². The zero-order chi connectivity index (χ0) is 37.1. The Morgan fingerprint density at radius 1 is 0.647 bits per heavy atom. The molecule has 18 nitrogen and oxygen atoms in total. The van der Waals surface area contributed by atoms with Gasteiger partial charge in [-0.3, -0.25) is 27.9 Å². The molecule has 1 radical (unpaired) electrons. The van der Waals surface area contributed by atoms with Crippen LogP contribution < -0.4 is 30.1 Å². The summed E-state index contributed by atoms with van der Waals surface area (Å²) in [5.74, 6) is -0.562.